The molecule has 0 bridgehead atoms. The van der Waals surface area contributed by atoms with Gasteiger partial charge in [-0.1, -0.05) is 11.8 Å². The monoisotopic (exact) mass is 252 g/mol. The number of benzene rings is 1. The standard InChI is InChI=1S/C11H13FN4S/c1-16-10(14-15-11(16)17-2)7-13-9-5-3-8(12)4-6-9/h3-6,13H,7H2,1-2H3. The quantitative estimate of drug-likeness (QED) is 0.848. The first-order valence-corrected chi connectivity index (χ1v) is 6.35. The van der Waals surface area contributed by atoms with Crippen LogP contribution in [0.2, 0.25) is 0 Å². The van der Waals surface area contributed by atoms with Gasteiger partial charge in [0.25, 0.3) is 0 Å². The number of anilines is 1. The Balaban J connectivity index is 2.02. The molecule has 17 heavy (non-hydrogen) atoms. The molecule has 0 saturated carbocycles. The summed E-state index contributed by atoms with van der Waals surface area (Å²) in [5, 5.41) is 12.2. The summed E-state index contributed by atoms with van der Waals surface area (Å²) in [5.41, 5.74) is 0.861. The molecule has 1 N–H and O–H groups in total. The lowest BCUT2D eigenvalue weighted by Gasteiger charge is -2.06. The van der Waals surface area contributed by atoms with E-state index in [9.17, 15) is 4.39 Å². The molecule has 1 heterocycles. The van der Waals surface area contributed by atoms with E-state index >= 15 is 0 Å². The topological polar surface area (TPSA) is 42.7 Å². The van der Waals surface area contributed by atoms with Crippen LogP contribution in [0.1, 0.15) is 5.82 Å². The zero-order valence-electron chi connectivity index (χ0n) is 9.64. The van der Waals surface area contributed by atoms with Gasteiger partial charge >= 0.3 is 0 Å². The molecular formula is C11H13FN4S. The van der Waals surface area contributed by atoms with Crippen LogP contribution in [0, 0.1) is 5.82 Å². The molecule has 1 aromatic carbocycles. The van der Waals surface area contributed by atoms with E-state index in [1.807, 2.05) is 17.9 Å². The molecule has 0 aliphatic rings. The van der Waals surface area contributed by atoms with Crippen molar-refractivity contribution in [2.24, 2.45) is 7.05 Å². The van der Waals surface area contributed by atoms with Crippen LogP contribution in [0.25, 0.3) is 0 Å². The van der Waals surface area contributed by atoms with E-state index in [1.54, 1.807) is 23.9 Å². The highest BCUT2D eigenvalue weighted by Gasteiger charge is 2.06. The maximum atomic E-state index is 12.7. The molecular weight excluding hydrogens is 239 g/mol. The average Bonchev–Trinajstić information content (AvgIpc) is 2.69. The van der Waals surface area contributed by atoms with Crippen molar-refractivity contribution >= 4 is 17.4 Å². The molecule has 0 aliphatic carbocycles. The summed E-state index contributed by atoms with van der Waals surface area (Å²) in [5.74, 6) is 0.609. The van der Waals surface area contributed by atoms with Crippen molar-refractivity contribution in [2.75, 3.05) is 11.6 Å². The first kappa shape index (κ1) is 11.9. The molecule has 1 aromatic heterocycles. The van der Waals surface area contributed by atoms with E-state index in [4.69, 9.17) is 0 Å². The fraction of sp³-hybridized carbons (Fsp3) is 0.273. The van der Waals surface area contributed by atoms with Crippen molar-refractivity contribution in [3.63, 3.8) is 0 Å². The van der Waals surface area contributed by atoms with Gasteiger partial charge in [0.2, 0.25) is 0 Å². The second-order valence-corrected chi connectivity index (χ2v) is 4.30. The fourth-order valence-corrected chi connectivity index (χ4v) is 1.93. The maximum Gasteiger partial charge on any atom is 0.190 e. The van der Waals surface area contributed by atoms with Crippen LogP contribution in [0.15, 0.2) is 29.4 Å². The van der Waals surface area contributed by atoms with E-state index in [-0.39, 0.29) is 5.82 Å². The Kier molecular flexibility index (Phi) is 3.63. The van der Waals surface area contributed by atoms with Crippen LogP contribution in [0.4, 0.5) is 10.1 Å². The van der Waals surface area contributed by atoms with Crippen molar-refractivity contribution in [1.29, 1.82) is 0 Å². The van der Waals surface area contributed by atoms with Gasteiger partial charge in [-0.2, -0.15) is 0 Å². The molecule has 2 aromatic rings. The van der Waals surface area contributed by atoms with Gasteiger partial charge in [0, 0.05) is 12.7 Å². The lowest BCUT2D eigenvalue weighted by atomic mass is 10.3. The van der Waals surface area contributed by atoms with E-state index in [2.05, 4.69) is 15.5 Å². The lowest BCUT2D eigenvalue weighted by molar-refractivity contribution is 0.628. The second-order valence-electron chi connectivity index (χ2n) is 3.52. The zero-order chi connectivity index (χ0) is 12.3. The van der Waals surface area contributed by atoms with E-state index in [1.165, 1.54) is 12.1 Å². The summed E-state index contributed by atoms with van der Waals surface area (Å²) in [6, 6.07) is 6.24. The lowest BCUT2D eigenvalue weighted by Crippen LogP contribution is -2.06. The minimum atomic E-state index is -0.237. The Labute approximate surface area is 103 Å². The molecule has 0 amide bonds. The molecule has 2 rings (SSSR count). The molecule has 0 aliphatic heterocycles. The van der Waals surface area contributed by atoms with E-state index < -0.39 is 0 Å². The summed E-state index contributed by atoms with van der Waals surface area (Å²) in [4.78, 5) is 0. The Bertz CT molecular complexity index is 495. The number of halogens is 1. The van der Waals surface area contributed by atoms with Crippen LogP contribution in [-0.2, 0) is 13.6 Å². The molecule has 0 radical (unpaired) electrons. The van der Waals surface area contributed by atoms with E-state index in [0.717, 1.165) is 16.7 Å². The van der Waals surface area contributed by atoms with Gasteiger partial charge < -0.3 is 9.88 Å². The Morgan fingerprint density at radius 3 is 2.59 bits per heavy atom. The van der Waals surface area contributed by atoms with Crippen molar-refractivity contribution in [1.82, 2.24) is 14.8 Å². The van der Waals surface area contributed by atoms with Gasteiger partial charge in [-0.25, -0.2) is 4.39 Å². The summed E-state index contributed by atoms with van der Waals surface area (Å²) >= 11 is 1.55. The minimum absolute atomic E-state index is 0.237. The normalized spacial score (nSPS) is 10.5. The van der Waals surface area contributed by atoms with Crippen LogP contribution in [-0.4, -0.2) is 21.0 Å². The van der Waals surface area contributed by atoms with Crippen molar-refractivity contribution in [3.8, 4) is 0 Å². The van der Waals surface area contributed by atoms with Gasteiger partial charge in [0.05, 0.1) is 6.54 Å². The third kappa shape index (κ3) is 2.76. The highest BCUT2D eigenvalue weighted by atomic mass is 32.2. The van der Waals surface area contributed by atoms with Gasteiger partial charge in [0.1, 0.15) is 5.82 Å². The summed E-state index contributed by atoms with van der Waals surface area (Å²) in [6.07, 6.45) is 1.96. The maximum absolute atomic E-state index is 12.7. The third-order valence-electron chi connectivity index (χ3n) is 2.40. The SMILES string of the molecule is CSc1nnc(CNc2ccc(F)cc2)n1C. The number of thioether (sulfide) groups is 1. The van der Waals surface area contributed by atoms with Crippen molar-refractivity contribution in [2.45, 2.75) is 11.7 Å². The van der Waals surface area contributed by atoms with Crippen LogP contribution in [0.5, 0.6) is 0 Å². The number of hydrogen-bond donors (Lipinski definition) is 1. The molecule has 6 heteroatoms. The first-order chi connectivity index (χ1) is 8.20. The zero-order valence-corrected chi connectivity index (χ0v) is 10.5. The van der Waals surface area contributed by atoms with Crippen molar-refractivity contribution < 1.29 is 4.39 Å². The predicted molar refractivity (Wildman–Crippen MR) is 66.5 cm³/mol. The molecule has 0 fully saturated rings. The molecule has 0 spiro atoms. The summed E-state index contributed by atoms with van der Waals surface area (Å²) in [6.45, 7) is 0.565. The Morgan fingerprint density at radius 1 is 1.29 bits per heavy atom. The molecule has 0 saturated heterocycles. The van der Waals surface area contributed by atoms with Gasteiger partial charge in [-0.05, 0) is 30.5 Å². The van der Waals surface area contributed by atoms with Crippen LogP contribution < -0.4 is 5.32 Å². The second kappa shape index (κ2) is 5.18. The number of nitrogens with zero attached hydrogens (tertiary/aromatic N) is 3. The summed E-state index contributed by atoms with van der Waals surface area (Å²) < 4.78 is 14.6. The molecule has 0 unspecified atom stereocenters. The fourth-order valence-electron chi connectivity index (χ4n) is 1.43. The molecule has 90 valence electrons. The largest absolute Gasteiger partial charge is 0.378 e. The predicted octanol–water partition coefficient (Wildman–Crippen LogP) is 2.29. The van der Waals surface area contributed by atoms with Gasteiger partial charge in [-0.15, -0.1) is 10.2 Å². The number of hydrogen-bond acceptors (Lipinski definition) is 4. The number of rotatable bonds is 4. The first-order valence-electron chi connectivity index (χ1n) is 5.12. The average molecular weight is 252 g/mol. The molecule has 4 nitrogen and oxygen atoms in total. The van der Waals surface area contributed by atoms with Crippen LogP contribution >= 0.6 is 11.8 Å². The Morgan fingerprint density at radius 2 is 2.00 bits per heavy atom. The third-order valence-corrected chi connectivity index (χ3v) is 3.12. The number of aromatic nitrogens is 3. The highest BCUT2D eigenvalue weighted by molar-refractivity contribution is 7.98. The summed E-state index contributed by atoms with van der Waals surface area (Å²) in [7, 11) is 1.92. The Hall–Kier alpha value is -1.56. The van der Waals surface area contributed by atoms with Crippen molar-refractivity contribution in [3.05, 3.63) is 35.9 Å². The number of nitrogens with one attached hydrogen (secondary N) is 1. The van der Waals surface area contributed by atoms with Gasteiger partial charge in [0.15, 0.2) is 11.0 Å². The minimum Gasteiger partial charge on any atom is -0.378 e. The highest BCUT2D eigenvalue weighted by Crippen LogP contribution is 2.13. The van der Waals surface area contributed by atoms with Gasteiger partial charge in [-0.3, -0.25) is 0 Å². The molecule has 0 atom stereocenters. The van der Waals surface area contributed by atoms with Crippen LogP contribution in [0.3, 0.4) is 0 Å². The van der Waals surface area contributed by atoms with E-state index in [0.29, 0.717) is 6.54 Å². The smallest absolute Gasteiger partial charge is 0.190 e.